The number of rotatable bonds is 6. The van der Waals surface area contributed by atoms with Crippen molar-refractivity contribution in [3.63, 3.8) is 0 Å². The standard InChI is InChI=1S/C17H18N2O4/c1-2-23-15-10-12(8-9-14(15)20)11-18-19-17(22)16(21)13-6-4-3-5-7-13/h3-11,16,20-21H,2H2,1H3,(H,19,22)/b18-11-/t16-/m1/s1. The topological polar surface area (TPSA) is 91.2 Å². The first-order valence-corrected chi connectivity index (χ1v) is 7.13. The molecule has 0 unspecified atom stereocenters. The third-order valence-corrected chi connectivity index (χ3v) is 3.04. The molecule has 6 heteroatoms. The maximum absolute atomic E-state index is 11.8. The molecule has 6 nitrogen and oxygen atoms in total. The highest BCUT2D eigenvalue weighted by Gasteiger charge is 2.15. The zero-order valence-corrected chi connectivity index (χ0v) is 12.6. The monoisotopic (exact) mass is 314 g/mol. The molecule has 120 valence electrons. The third kappa shape index (κ3) is 4.55. The number of carbonyl (C=O) groups is 1. The van der Waals surface area contributed by atoms with Gasteiger partial charge in [-0.1, -0.05) is 30.3 Å². The van der Waals surface area contributed by atoms with Crippen molar-refractivity contribution in [3.8, 4) is 11.5 Å². The van der Waals surface area contributed by atoms with Crippen LogP contribution in [0.2, 0.25) is 0 Å². The van der Waals surface area contributed by atoms with Gasteiger partial charge in [0.05, 0.1) is 12.8 Å². The summed E-state index contributed by atoms with van der Waals surface area (Å²) in [6, 6.07) is 13.3. The Balaban J connectivity index is 1.98. The van der Waals surface area contributed by atoms with Crippen LogP contribution in [0.15, 0.2) is 53.6 Å². The van der Waals surface area contributed by atoms with Crippen molar-refractivity contribution in [3.05, 3.63) is 59.7 Å². The SMILES string of the molecule is CCOc1cc(/C=N\NC(=O)[C@H](O)c2ccccc2)ccc1O. The smallest absolute Gasteiger partial charge is 0.273 e. The number of aliphatic hydroxyl groups excluding tert-OH is 1. The number of carbonyl (C=O) groups excluding carboxylic acids is 1. The summed E-state index contributed by atoms with van der Waals surface area (Å²) >= 11 is 0. The van der Waals surface area contributed by atoms with Crippen molar-refractivity contribution in [2.24, 2.45) is 5.10 Å². The quantitative estimate of drug-likeness (QED) is 0.561. The molecular formula is C17H18N2O4. The van der Waals surface area contributed by atoms with Gasteiger partial charge >= 0.3 is 0 Å². The van der Waals surface area contributed by atoms with Crippen molar-refractivity contribution in [1.29, 1.82) is 0 Å². The highest BCUT2D eigenvalue weighted by Crippen LogP contribution is 2.26. The number of ether oxygens (including phenoxy) is 1. The summed E-state index contributed by atoms with van der Waals surface area (Å²) in [4.78, 5) is 11.8. The highest BCUT2D eigenvalue weighted by atomic mass is 16.5. The van der Waals surface area contributed by atoms with E-state index in [1.165, 1.54) is 12.3 Å². The number of aromatic hydroxyl groups is 1. The number of nitrogens with one attached hydrogen (secondary N) is 1. The summed E-state index contributed by atoms with van der Waals surface area (Å²) in [5.74, 6) is -0.254. The van der Waals surface area contributed by atoms with E-state index in [1.54, 1.807) is 42.5 Å². The van der Waals surface area contributed by atoms with Crippen molar-refractivity contribution in [1.82, 2.24) is 5.43 Å². The molecule has 0 heterocycles. The van der Waals surface area contributed by atoms with Crippen LogP contribution in [0, 0.1) is 0 Å². The molecule has 0 radical (unpaired) electrons. The van der Waals surface area contributed by atoms with Gasteiger partial charge < -0.3 is 14.9 Å². The lowest BCUT2D eigenvalue weighted by molar-refractivity contribution is -0.129. The Hall–Kier alpha value is -2.86. The van der Waals surface area contributed by atoms with Crippen LogP contribution in [0.4, 0.5) is 0 Å². The summed E-state index contributed by atoms with van der Waals surface area (Å²) < 4.78 is 5.26. The lowest BCUT2D eigenvalue weighted by Crippen LogP contribution is -2.25. The first-order chi connectivity index (χ1) is 11.1. The summed E-state index contributed by atoms with van der Waals surface area (Å²) in [5, 5.41) is 23.3. The second kappa shape index (κ2) is 7.95. The fraction of sp³-hybridized carbons (Fsp3) is 0.176. The fourth-order valence-electron chi connectivity index (χ4n) is 1.90. The largest absolute Gasteiger partial charge is 0.504 e. The first kappa shape index (κ1) is 16.5. The van der Waals surface area contributed by atoms with E-state index in [4.69, 9.17) is 4.74 Å². The number of phenolic OH excluding ortho intramolecular Hbond substituents is 1. The number of nitrogens with zero attached hydrogens (tertiary/aromatic N) is 1. The molecule has 0 aliphatic carbocycles. The molecule has 2 aromatic rings. The molecule has 2 rings (SSSR count). The maximum Gasteiger partial charge on any atom is 0.273 e. The van der Waals surface area contributed by atoms with E-state index in [0.717, 1.165) is 0 Å². The van der Waals surface area contributed by atoms with E-state index in [9.17, 15) is 15.0 Å². The number of hydrazone groups is 1. The van der Waals surface area contributed by atoms with Crippen molar-refractivity contribution in [2.75, 3.05) is 6.61 Å². The summed E-state index contributed by atoms with van der Waals surface area (Å²) in [6.45, 7) is 2.24. The summed E-state index contributed by atoms with van der Waals surface area (Å²) in [6.07, 6.45) is 0.115. The van der Waals surface area contributed by atoms with Crippen LogP contribution in [0.25, 0.3) is 0 Å². The molecule has 2 aromatic carbocycles. The van der Waals surface area contributed by atoms with Gasteiger partial charge in [-0.3, -0.25) is 4.79 Å². The van der Waals surface area contributed by atoms with Crippen molar-refractivity contribution < 1.29 is 19.7 Å². The van der Waals surface area contributed by atoms with E-state index in [0.29, 0.717) is 23.5 Å². The Morgan fingerprint density at radius 2 is 2.04 bits per heavy atom. The molecule has 0 aliphatic heterocycles. The maximum atomic E-state index is 11.8. The summed E-state index contributed by atoms with van der Waals surface area (Å²) in [5.41, 5.74) is 3.40. The first-order valence-electron chi connectivity index (χ1n) is 7.13. The fourth-order valence-corrected chi connectivity index (χ4v) is 1.90. The van der Waals surface area contributed by atoms with Crippen LogP contribution in [0.5, 0.6) is 11.5 Å². The molecule has 0 saturated carbocycles. The molecule has 0 fully saturated rings. The van der Waals surface area contributed by atoms with Gasteiger partial charge in [-0.2, -0.15) is 5.10 Å². The second-order valence-corrected chi connectivity index (χ2v) is 4.71. The number of phenols is 1. The van der Waals surface area contributed by atoms with Gasteiger partial charge in [-0.05, 0) is 36.2 Å². The molecule has 1 amide bonds. The number of benzene rings is 2. The Morgan fingerprint density at radius 3 is 2.74 bits per heavy atom. The lowest BCUT2D eigenvalue weighted by Gasteiger charge is -2.08. The Bertz CT molecular complexity index is 686. The van der Waals surface area contributed by atoms with Crippen LogP contribution in [-0.4, -0.2) is 28.9 Å². The second-order valence-electron chi connectivity index (χ2n) is 4.71. The molecule has 1 atom stereocenters. The van der Waals surface area contributed by atoms with E-state index < -0.39 is 12.0 Å². The zero-order valence-electron chi connectivity index (χ0n) is 12.6. The van der Waals surface area contributed by atoms with Gasteiger partial charge in [0.2, 0.25) is 0 Å². The van der Waals surface area contributed by atoms with E-state index in [2.05, 4.69) is 10.5 Å². The molecule has 0 aromatic heterocycles. The Kier molecular flexibility index (Phi) is 5.71. The van der Waals surface area contributed by atoms with Gasteiger partial charge in [-0.25, -0.2) is 5.43 Å². The number of aliphatic hydroxyl groups is 1. The molecule has 0 aliphatic rings. The number of hydrogen-bond donors (Lipinski definition) is 3. The van der Waals surface area contributed by atoms with Gasteiger partial charge in [0.15, 0.2) is 17.6 Å². The molecule has 0 saturated heterocycles. The zero-order chi connectivity index (χ0) is 16.7. The van der Waals surface area contributed by atoms with Gasteiger partial charge in [-0.15, -0.1) is 0 Å². The van der Waals surface area contributed by atoms with E-state index >= 15 is 0 Å². The Morgan fingerprint density at radius 1 is 1.30 bits per heavy atom. The minimum Gasteiger partial charge on any atom is -0.504 e. The third-order valence-electron chi connectivity index (χ3n) is 3.04. The average Bonchev–Trinajstić information content (AvgIpc) is 2.58. The predicted octanol–water partition coefficient (Wildman–Crippen LogP) is 1.97. The average molecular weight is 314 g/mol. The minimum atomic E-state index is -1.29. The van der Waals surface area contributed by atoms with Crippen LogP contribution in [-0.2, 0) is 4.79 Å². The van der Waals surface area contributed by atoms with Crippen LogP contribution in [0.1, 0.15) is 24.2 Å². The highest BCUT2D eigenvalue weighted by molar-refractivity contribution is 5.85. The minimum absolute atomic E-state index is 0.0348. The molecule has 23 heavy (non-hydrogen) atoms. The van der Waals surface area contributed by atoms with Crippen molar-refractivity contribution >= 4 is 12.1 Å². The van der Waals surface area contributed by atoms with Crippen LogP contribution >= 0.6 is 0 Å². The molecule has 0 bridgehead atoms. The van der Waals surface area contributed by atoms with E-state index in [1.807, 2.05) is 6.92 Å². The van der Waals surface area contributed by atoms with Gasteiger partial charge in [0.25, 0.3) is 5.91 Å². The Labute approximate surface area is 134 Å². The van der Waals surface area contributed by atoms with Crippen molar-refractivity contribution in [2.45, 2.75) is 13.0 Å². The van der Waals surface area contributed by atoms with Gasteiger partial charge in [0, 0.05) is 0 Å². The van der Waals surface area contributed by atoms with Gasteiger partial charge in [0.1, 0.15) is 0 Å². The van der Waals surface area contributed by atoms with Crippen LogP contribution in [0.3, 0.4) is 0 Å². The molecule has 0 spiro atoms. The number of hydrogen-bond acceptors (Lipinski definition) is 5. The summed E-state index contributed by atoms with van der Waals surface area (Å²) in [7, 11) is 0. The van der Waals surface area contributed by atoms with E-state index in [-0.39, 0.29) is 5.75 Å². The lowest BCUT2D eigenvalue weighted by atomic mass is 10.1. The van der Waals surface area contributed by atoms with Crippen LogP contribution < -0.4 is 10.2 Å². The molecular weight excluding hydrogens is 296 g/mol. The molecule has 3 N–H and O–H groups in total. The normalized spacial score (nSPS) is 12.1. The predicted molar refractivity (Wildman–Crippen MR) is 86.4 cm³/mol. The number of amides is 1.